The summed E-state index contributed by atoms with van der Waals surface area (Å²) in [4.78, 5) is 22.7. The summed E-state index contributed by atoms with van der Waals surface area (Å²) in [6, 6.07) is 0. The molecule has 0 aromatic heterocycles. The van der Waals surface area contributed by atoms with Crippen molar-refractivity contribution in [3.8, 4) is 0 Å². The van der Waals surface area contributed by atoms with Gasteiger partial charge in [0.15, 0.2) is 0 Å². The molecular weight excluding hydrogens is 764 g/mol. The minimum Gasteiger partial charge on any atom is -0.457 e. The Balaban J connectivity index is 4.07. The number of phosphoric acid groups is 1. The van der Waals surface area contributed by atoms with Crippen molar-refractivity contribution in [2.45, 2.75) is 251 Å². The molecule has 3 unspecified atom stereocenters. The number of ether oxygens (including phenoxy) is 2. The lowest BCUT2D eigenvalue weighted by Gasteiger charge is -2.20. The number of aliphatic hydroxyl groups excluding tert-OH is 2. The van der Waals surface area contributed by atoms with Gasteiger partial charge in [0.05, 0.1) is 26.4 Å². The van der Waals surface area contributed by atoms with Gasteiger partial charge in [-0.05, 0) is 44.9 Å². The predicted molar refractivity (Wildman–Crippen MR) is 247 cm³/mol. The summed E-state index contributed by atoms with van der Waals surface area (Å²) in [5.41, 5.74) is 0. The van der Waals surface area contributed by atoms with Gasteiger partial charge in [0.25, 0.3) is 0 Å². The Hall–Kier alpha value is -1.06. The van der Waals surface area contributed by atoms with E-state index in [0.29, 0.717) is 6.61 Å². The second kappa shape index (κ2) is 46.4. The zero-order chi connectivity index (χ0) is 43.2. The zero-order valence-corrected chi connectivity index (χ0v) is 39.4. The van der Waals surface area contributed by atoms with Crippen molar-refractivity contribution in [2.24, 2.45) is 0 Å². The van der Waals surface area contributed by atoms with Crippen molar-refractivity contribution in [3.05, 3.63) is 24.3 Å². The van der Waals surface area contributed by atoms with E-state index in [9.17, 15) is 19.4 Å². The van der Waals surface area contributed by atoms with E-state index in [1.807, 2.05) is 0 Å². The van der Waals surface area contributed by atoms with Crippen LogP contribution in [0.5, 0.6) is 0 Å². The Kier molecular flexibility index (Phi) is 45.6. The molecule has 9 nitrogen and oxygen atoms in total. The molecule has 3 atom stereocenters. The zero-order valence-electron chi connectivity index (χ0n) is 38.5. The van der Waals surface area contributed by atoms with E-state index in [-0.39, 0.29) is 25.6 Å². The number of esters is 1. The van der Waals surface area contributed by atoms with Gasteiger partial charge in [0.1, 0.15) is 12.2 Å². The number of phosphoric ester groups is 1. The average molecular weight is 859 g/mol. The molecule has 0 heterocycles. The van der Waals surface area contributed by atoms with E-state index >= 15 is 0 Å². The number of unbranched alkanes of at least 4 members (excludes halogenated alkanes) is 30. The summed E-state index contributed by atoms with van der Waals surface area (Å²) in [7, 11) is -4.52. The van der Waals surface area contributed by atoms with Crippen molar-refractivity contribution in [1.29, 1.82) is 0 Å². The molecule has 0 radical (unpaired) electrons. The monoisotopic (exact) mass is 859 g/mol. The third-order valence-electron chi connectivity index (χ3n) is 10.9. The molecule has 0 bridgehead atoms. The van der Waals surface area contributed by atoms with Gasteiger partial charge in [-0.2, -0.15) is 0 Å². The van der Waals surface area contributed by atoms with Crippen LogP contribution in [0.3, 0.4) is 0 Å². The van der Waals surface area contributed by atoms with Crippen LogP contribution in [0.2, 0.25) is 0 Å². The lowest BCUT2D eigenvalue weighted by Crippen LogP contribution is -2.29. The first-order valence-electron chi connectivity index (χ1n) is 24.8. The van der Waals surface area contributed by atoms with Gasteiger partial charge in [0, 0.05) is 13.0 Å². The highest BCUT2D eigenvalue weighted by molar-refractivity contribution is 7.47. The third kappa shape index (κ3) is 46.3. The molecule has 0 aromatic rings. The molecule has 0 amide bonds. The molecule has 3 N–H and O–H groups in total. The Morgan fingerprint density at radius 1 is 0.525 bits per heavy atom. The summed E-state index contributed by atoms with van der Waals surface area (Å²) in [5, 5.41) is 18.4. The SMILES string of the molecule is CCCCCC/C=C\C/C=C\CCCCCCCCOCC(COP(=O)(O)OCC(O)CO)OC(=O)CCCCCCCCCCCCCCCCCCCCCCC. The fourth-order valence-corrected chi connectivity index (χ4v) is 7.88. The molecule has 0 aliphatic carbocycles. The molecule has 0 saturated carbocycles. The average Bonchev–Trinajstić information content (AvgIpc) is 3.23. The van der Waals surface area contributed by atoms with E-state index in [0.717, 1.165) is 51.4 Å². The Bertz CT molecular complexity index is 975. The van der Waals surface area contributed by atoms with E-state index in [4.69, 9.17) is 23.6 Å². The second-order valence-corrected chi connectivity index (χ2v) is 18.3. The number of rotatable bonds is 48. The first-order valence-corrected chi connectivity index (χ1v) is 26.3. The molecule has 0 rings (SSSR count). The maximum atomic E-state index is 12.7. The molecule has 10 heteroatoms. The highest BCUT2D eigenvalue weighted by atomic mass is 31.2. The molecular formula is C49H95O9P. The second-order valence-electron chi connectivity index (χ2n) is 16.8. The van der Waals surface area contributed by atoms with Crippen molar-refractivity contribution in [2.75, 3.05) is 33.0 Å². The number of hydrogen-bond acceptors (Lipinski definition) is 8. The van der Waals surface area contributed by atoms with Gasteiger partial charge in [-0.1, -0.05) is 212 Å². The first kappa shape index (κ1) is 57.9. The van der Waals surface area contributed by atoms with Crippen molar-refractivity contribution in [1.82, 2.24) is 0 Å². The maximum absolute atomic E-state index is 12.7. The lowest BCUT2D eigenvalue weighted by molar-refractivity contribution is -0.154. The maximum Gasteiger partial charge on any atom is 0.472 e. The van der Waals surface area contributed by atoms with Crippen molar-refractivity contribution < 1.29 is 43.0 Å². The Morgan fingerprint density at radius 3 is 1.37 bits per heavy atom. The minimum atomic E-state index is -4.52. The van der Waals surface area contributed by atoms with Crippen LogP contribution in [0.25, 0.3) is 0 Å². The van der Waals surface area contributed by atoms with Crippen LogP contribution >= 0.6 is 7.82 Å². The van der Waals surface area contributed by atoms with E-state index in [1.54, 1.807) is 0 Å². The first-order chi connectivity index (χ1) is 28.8. The van der Waals surface area contributed by atoms with Crippen LogP contribution < -0.4 is 0 Å². The number of aliphatic hydroxyl groups is 2. The summed E-state index contributed by atoms with van der Waals surface area (Å²) >= 11 is 0. The van der Waals surface area contributed by atoms with Gasteiger partial charge < -0.3 is 24.6 Å². The highest BCUT2D eigenvalue weighted by Crippen LogP contribution is 2.43. The van der Waals surface area contributed by atoms with Crippen LogP contribution in [-0.2, 0) is 27.9 Å². The van der Waals surface area contributed by atoms with Crippen LogP contribution in [0, 0.1) is 0 Å². The van der Waals surface area contributed by atoms with Crippen LogP contribution in [0.15, 0.2) is 24.3 Å². The molecule has 0 spiro atoms. The summed E-state index contributed by atoms with van der Waals surface area (Å²) in [6.45, 7) is 3.53. The van der Waals surface area contributed by atoms with Crippen LogP contribution in [-0.4, -0.2) is 66.3 Å². The smallest absolute Gasteiger partial charge is 0.457 e. The normalized spacial score (nSPS) is 14.1. The van der Waals surface area contributed by atoms with Crippen molar-refractivity contribution in [3.63, 3.8) is 0 Å². The van der Waals surface area contributed by atoms with Crippen LogP contribution in [0.1, 0.15) is 239 Å². The number of allylic oxidation sites excluding steroid dienone is 4. The summed E-state index contributed by atoms with van der Waals surface area (Å²) < 4.78 is 33.5. The predicted octanol–water partition coefficient (Wildman–Crippen LogP) is 14.2. The molecule has 350 valence electrons. The van der Waals surface area contributed by atoms with Gasteiger partial charge in [-0.15, -0.1) is 0 Å². The standard InChI is InChI=1S/C49H95O9P/c1-3-5-7-9-11-13-15-17-19-21-22-23-24-25-27-29-31-33-35-37-39-41-49(52)58-48(46-57-59(53,54)56-44-47(51)43-50)45-55-42-40-38-36-34-32-30-28-26-20-18-16-14-12-10-8-6-4-2/h14,16,20,26,47-48,50-51H,3-13,15,17-19,21-25,27-46H2,1-2H3,(H,53,54)/b16-14-,26-20-. The molecule has 59 heavy (non-hydrogen) atoms. The third-order valence-corrected chi connectivity index (χ3v) is 11.8. The van der Waals surface area contributed by atoms with Gasteiger partial charge in [0.2, 0.25) is 0 Å². The Morgan fingerprint density at radius 2 is 0.915 bits per heavy atom. The largest absolute Gasteiger partial charge is 0.472 e. The van der Waals surface area contributed by atoms with E-state index < -0.39 is 33.2 Å². The van der Waals surface area contributed by atoms with Crippen molar-refractivity contribution >= 4 is 13.8 Å². The molecule has 0 aromatic carbocycles. The van der Waals surface area contributed by atoms with E-state index in [2.05, 4.69) is 38.2 Å². The fourth-order valence-electron chi connectivity index (χ4n) is 7.09. The number of carbonyl (C=O) groups is 1. The topological polar surface area (TPSA) is 132 Å². The van der Waals surface area contributed by atoms with Gasteiger partial charge in [-0.25, -0.2) is 4.57 Å². The summed E-state index contributed by atoms with van der Waals surface area (Å²) in [6.07, 6.45) is 50.0. The number of carbonyl (C=O) groups excluding carboxylic acids is 1. The van der Waals surface area contributed by atoms with Crippen LogP contribution in [0.4, 0.5) is 0 Å². The molecule has 0 fully saturated rings. The minimum absolute atomic E-state index is 0.0463. The summed E-state index contributed by atoms with van der Waals surface area (Å²) in [5.74, 6) is -0.381. The van der Waals surface area contributed by atoms with Gasteiger partial charge >= 0.3 is 13.8 Å². The highest BCUT2D eigenvalue weighted by Gasteiger charge is 2.26. The molecule has 0 aliphatic heterocycles. The quantitative estimate of drug-likeness (QED) is 0.0237. The Labute approximate surface area is 363 Å². The molecule has 0 aliphatic rings. The van der Waals surface area contributed by atoms with E-state index in [1.165, 1.54) is 167 Å². The molecule has 0 saturated heterocycles. The van der Waals surface area contributed by atoms with Gasteiger partial charge in [-0.3, -0.25) is 13.8 Å². The lowest BCUT2D eigenvalue weighted by atomic mass is 10.0. The fraction of sp³-hybridized carbons (Fsp3) is 0.898. The number of hydrogen-bond donors (Lipinski definition) is 3.